The van der Waals surface area contributed by atoms with Crippen molar-refractivity contribution < 1.29 is 22.7 Å². The second-order valence-corrected chi connectivity index (χ2v) is 12.6. The smallest absolute Gasteiger partial charge is 0.256 e. The van der Waals surface area contributed by atoms with E-state index < -0.39 is 10.0 Å². The SMILES string of the molecule is Cc1cc(NC(=O)c2ccc(S(=O)(=O)N(C)C3CCCCC3)cc2)n(-c2nc3cc4c(cc3s2)OCO4)n1. The zero-order valence-electron chi connectivity index (χ0n) is 21.0. The van der Waals surface area contributed by atoms with Gasteiger partial charge in [-0.3, -0.25) is 4.79 Å². The molecular weight excluding hydrogens is 526 g/mol. The monoisotopic (exact) mass is 553 g/mol. The second-order valence-electron chi connectivity index (χ2n) is 9.54. The molecule has 1 amide bonds. The summed E-state index contributed by atoms with van der Waals surface area (Å²) < 4.78 is 41.2. The van der Waals surface area contributed by atoms with E-state index in [4.69, 9.17) is 9.47 Å². The van der Waals surface area contributed by atoms with Gasteiger partial charge in [-0.25, -0.2) is 13.4 Å². The lowest BCUT2D eigenvalue weighted by molar-refractivity contribution is 0.102. The highest BCUT2D eigenvalue weighted by molar-refractivity contribution is 7.89. The van der Waals surface area contributed by atoms with Gasteiger partial charge in [0, 0.05) is 36.9 Å². The first-order chi connectivity index (χ1) is 18.3. The zero-order valence-corrected chi connectivity index (χ0v) is 22.6. The van der Waals surface area contributed by atoms with Crippen LogP contribution in [0.1, 0.15) is 48.2 Å². The Labute approximate surface area is 224 Å². The summed E-state index contributed by atoms with van der Waals surface area (Å²) in [6, 6.07) is 11.5. The Kier molecular flexibility index (Phi) is 6.33. The standard InChI is InChI=1S/C26H27N5O5S2/c1-16-12-24(31(29-16)26-27-20-13-21-22(36-15-35-21)14-23(20)37-26)28-25(32)17-8-10-19(11-9-17)38(33,34)30(2)18-6-4-3-5-7-18/h8-14,18H,3-7,15H2,1-2H3,(H,28,32). The van der Waals surface area contributed by atoms with Gasteiger partial charge in [0.1, 0.15) is 5.82 Å². The maximum atomic E-state index is 13.1. The minimum absolute atomic E-state index is 0.0174. The molecule has 10 nitrogen and oxygen atoms in total. The van der Waals surface area contributed by atoms with Crippen molar-refractivity contribution in [2.24, 2.45) is 0 Å². The summed E-state index contributed by atoms with van der Waals surface area (Å²) in [7, 11) is -1.99. The highest BCUT2D eigenvalue weighted by atomic mass is 32.2. The summed E-state index contributed by atoms with van der Waals surface area (Å²) in [6.07, 6.45) is 4.99. The summed E-state index contributed by atoms with van der Waals surface area (Å²) in [6.45, 7) is 2.02. The van der Waals surface area contributed by atoms with Crippen molar-refractivity contribution in [3.8, 4) is 16.6 Å². The molecule has 1 fully saturated rings. The fourth-order valence-corrected chi connectivity index (χ4v) is 7.26. The number of benzene rings is 2. The van der Waals surface area contributed by atoms with Gasteiger partial charge in [0.05, 0.1) is 20.8 Å². The van der Waals surface area contributed by atoms with E-state index in [1.165, 1.54) is 39.9 Å². The minimum Gasteiger partial charge on any atom is -0.454 e. The number of nitrogens with zero attached hydrogens (tertiary/aromatic N) is 4. The van der Waals surface area contributed by atoms with Crippen molar-refractivity contribution in [3.05, 3.63) is 53.7 Å². The number of rotatable bonds is 6. The molecule has 2 aliphatic rings. The molecule has 0 bridgehead atoms. The molecule has 4 aromatic rings. The van der Waals surface area contributed by atoms with E-state index in [0.29, 0.717) is 33.7 Å². The van der Waals surface area contributed by atoms with E-state index >= 15 is 0 Å². The molecule has 1 aliphatic carbocycles. The first kappa shape index (κ1) is 24.8. The highest BCUT2D eigenvalue weighted by Gasteiger charge is 2.29. The summed E-state index contributed by atoms with van der Waals surface area (Å²) in [5.41, 5.74) is 1.79. The first-order valence-corrected chi connectivity index (χ1v) is 14.7. The molecule has 12 heteroatoms. The van der Waals surface area contributed by atoms with Crippen LogP contribution in [-0.4, -0.2) is 53.3 Å². The molecule has 0 unspecified atom stereocenters. The van der Waals surface area contributed by atoms with Crippen LogP contribution < -0.4 is 14.8 Å². The Balaban J connectivity index is 1.21. The number of nitrogens with one attached hydrogen (secondary N) is 1. The van der Waals surface area contributed by atoms with Crippen LogP contribution >= 0.6 is 11.3 Å². The Bertz CT molecular complexity index is 1580. The number of fused-ring (bicyclic) bond motifs is 2. The number of ether oxygens (including phenoxy) is 2. The minimum atomic E-state index is -3.63. The predicted molar refractivity (Wildman–Crippen MR) is 144 cm³/mol. The van der Waals surface area contributed by atoms with Crippen LogP contribution in [0.15, 0.2) is 47.4 Å². The number of thiazole rings is 1. The van der Waals surface area contributed by atoms with E-state index in [1.54, 1.807) is 17.8 Å². The van der Waals surface area contributed by atoms with Crippen molar-refractivity contribution in [2.45, 2.75) is 50.0 Å². The van der Waals surface area contributed by atoms with Crippen LogP contribution in [0.5, 0.6) is 11.5 Å². The molecule has 2 aromatic heterocycles. The number of carbonyl (C=O) groups excluding carboxylic acids is 1. The maximum Gasteiger partial charge on any atom is 0.256 e. The Morgan fingerprint density at radius 1 is 1.08 bits per heavy atom. The molecule has 198 valence electrons. The van der Waals surface area contributed by atoms with Gasteiger partial charge in [-0.2, -0.15) is 14.1 Å². The molecule has 1 N–H and O–H groups in total. The number of hydrogen-bond acceptors (Lipinski definition) is 8. The van der Waals surface area contributed by atoms with Gasteiger partial charge >= 0.3 is 0 Å². The van der Waals surface area contributed by atoms with Gasteiger partial charge in [-0.05, 0) is 44.0 Å². The topological polar surface area (TPSA) is 116 Å². The van der Waals surface area contributed by atoms with Crippen LogP contribution in [0.25, 0.3) is 15.3 Å². The van der Waals surface area contributed by atoms with Crippen LogP contribution in [-0.2, 0) is 10.0 Å². The lowest BCUT2D eigenvalue weighted by Gasteiger charge is -2.30. The summed E-state index contributed by atoms with van der Waals surface area (Å²) in [5.74, 6) is 1.40. The van der Waals surface area contributed by atoms with E-state index in [9.17, 15) is 13.2 Å². The molecule has 6 rings (SSSR count). The van der Waals surface area contributed by atoms with Gasteiger partial charge in [0.25, 0.3) is 5.91 Å². The largest absolute Gasteiger partial charge is 0.454 e. The lowest BCUT2D eigenvalue weighted by atomic mass is 9.96. The number of aromatic nitrogens is 3. The number of anilines is 1. The van der Waals surface area contributed by atoms with Crippen LogP contribution in [0.4, 0.5) is 5.82 Å². The van der Waals surface area contributed by atoms with E-state index in [0.717, 1.165) is 42.3 Å². The molecular formula is C26H27N5O5S2. The molecule has 3 heterocycles. The van der Waals surface area contributed by atoms with E-state index in [-0.39, 0.29) is 23.6 Å². The molecule has 0 saturated heterocycles. The van der Waals surface area contributed by atoms with Crippen molar-refractivity contribution in [2.75, 3.05) is 19.2 Å². The first-order valence-electron chi connectivity index (χ1n) is 12.5. The molecule has 0 atom stereocenters. The molecule has 1 saturated carbocycles. The van der Waals surface area contributed by atoms with Crippen LogP contribution in [0.2, 0.25) is 0 Å². The number of amides is 1. The molecule has 1 aliphatic heterocycles. The normalized spacial score (nSPS) is 15.9. The molecule has 0 radical (unpaired) electrons. The Hall–Kier alpha value is -3.48. The highest BCUT2D eigenvalue weighted by Crippen LogP contribution is 2.39. The Morgan fingerprint density at radius 2 is 1.79 bits per heavy atom. The van der Waals surface area contributed by atoms with Crippen LogP contribution in [0.3, 0.4) is 0 Å². The molecule has 38 heavy (non-hydrogen) atoms. The summed E-state index contributed by atoms with van der Waals surface area (Å²) >= 11 is 1.42. The van der Waals surface area contributed by atoms with Gasteiger partial charge in [-0.1, -0.05) is 30.6 Å². The second kappa shape index (κ2) is 9.68. The van der Waals surface area contributed by atoms with Crippen molar-refractivity contribution >= 4 is 43.3 Å². The van der Waals surface area contributed by atoms with E-state index in [2.05, 4.69) is 15.4 Å². The number of aryl methyl sites for hydroxylation is 1. The van der Waals surface area contributed by atoms with Gasteiger partial charge in [0.2, 0.25) is 21.9 Å². The zero-order chi connectivity index (χ0) is 26.4. The number of hydrogen-bond donors (Lipinski definition) is 1. The third kappa shape index (κ3) is 4.52. The third-order valence-corrected chi connectivity index (χ3v) is 9.93. The fourth-order valence-electron chi connectivity index (χ4n) is 4.90. The average Bonchev–Trinajstić information content (AvgIpc) is 3.64. The third-order valence-electron chi connectivity index (χ3n) is 7.01. The number of carbonyl (C=O) groups is 1. The van der Waals surface area contributed by atoms with Crippen molar-refractivity contribution in [1.82, 2.24) is 19.1 Å². The van der Waals surface area contributed by atoms with Crippen molar-refractivity contribution in [1.29, 1.82) is 0 Å². The lowest BCUT2D eigenvalue weighted by Crippen LogP contribution is -2.38. The fraction of sp³-hybridized carbons (Fsp3) is 0.346. The van der Waals surface area contributed by atoms with Gasteiger partial charge in [-0.15, -0.1) is 0 Å². The number of sulfonamides is 1. The van der Waals surface area contributed by atoms with E-state index in [1.807, 2.05) is 19.1 Å². The quantitative estimate of drug-likeness (QED) is 0.367. The predicted octanol–water partition coefficient (Wildman–Crippen LogP) is 4.72. The average molecular weight is 554 g/mol. The van der Waals surface area contributed by atoms with Gasteiger partial charge < -0.3 is 14.8 Å². The van der Waals surface area contributed by atoms with Gasteiger partial charge in [0.15, 0.2) is 11.5 Å². The summed E-state index contributed by atoms with van der Waals surface area (Å²) in [5, 5.41) is 7.98. The molecule has 0 spiro atoms. The van der Waals surface area contributed by atoms with Crippen molar-refractivity contribution in [3.63, 3.8) is 0 Å². The molecule has 2 aromatic carbocycles. The summed E-state index contributed by atoms with van der Waals surface area (Å²) in [4.78, 5) is 17.9. The Morgan fingerprint density at radius 3 is 2.53 bits per heavy atom. The maximum absolute atomic E-state index is 13.1. The van der Waals surface area contributed by atoms with Crippen LogP contribution in [0, 0.1) is 6.92 Å².